The van der Waals surface area contributed by atoms with Crippen molar-refractivity contribution in [2.24, 2.45) is 0 Å². The molecule has 2 fully saturated rings. The lowest BCUT2D eigenvalue weighted by molar-refractivity contribution is -0.319. The Morgan fingerprint density at radius 3 is 2.00 bits per heavy atom. The lowest BCUT2D eigenvalue weighted by Gasteiger charge is -2.41. The zero-order chi connectivity index (χ0) is 16.4. The molecule has 0 saturated carbocycles. The van der Waals surface area contributed by atoms with Crippen molar-refractivity contribution in [1.29, 1.82) is 0 Å². The van der Waals surface area contributed by atoms with Gasteiger partial charge in [-0.15, -0.1) is 0 Å². The topological polar surface area (TPSA) is 169 Å². The highest BCUT2D eigenvalue weighted by atomic mass is 16.7. The summed E-state index contributed by atoms with van der Waals surface area (Å²) in [6, 6.07) is 0. The van der Waals surface area contributed by atoms with Crippen LogP contribution >= 0.6 is 0 Å². The summed E-state index contributed by atoms with van der Waals surface area (Å²) >= 11 is 0. The van der Waals surface area contributed by atoms with E-state index in [4.69, 9.17) is 24.4 Å². The van der Waals surface area contributed by atoms with Crippen molar-refractivity contribution >= 4 is 0 Å². The van der Waals surface area contributed by atoms with Gasteiger partial charge < -0.3 is 50.0 Å². The lowest BCUT2D eigenvalue weighted by atomic mass is 9.96. The highest BCUT2D eigenvalue weighted by Crippen LogP contribution is 2.29. The molecular weight excluding hydrogens is 304 g/mol. The van der Waals surface area contributed by atoms with Crippen LogP contribution in [0.25, 0.3) is 0 Å². The first-order valence-corrected chi connectivity index (χ1v) is 6.99. The third-order valence-electron chi connectivity index (χ3n) is 3.86. The Hall–Kier alpha value is -0.400. The van der Waals surface area contributed by atoms with E-state index < -0.39 is 61.9 Å². The number of hydrogen-bond acceptors (Lipinski definition) is 10. The number of rotatable bonds is 5. The first-order valence-electron chi connectivity index (χ1n) is 6.99. The van der Waals surface area contributed by atoms with Crippen molar-refractivity contribution in [3.63, 3.8) is 0 Å². The van der Waals surface area contributed by atoms with Gasteiger partial charge in [-0.25, -0.2) is 0 Å². The standard InChI is InChI=1S/C12H22O10/c13-2-1-4-7(16)10(9(18)11(19)20-4)22-12-8(17)6(15)5(3-14)21-12/h4-19H,1-3H2/t4-,5-,6-,7+,8+,9-,10-,11+,12-/m0/s1. The van der Waals surface area contributed by atoms with Gasteiger partial charge in [-0.2, -0.15) is 0 Å². The first kappa shape index (κ1) is 17.9. The van der Waals surface area contributed by atoms with E-state index in [0.717, 1.165) is 0 Å². The minimum atomic E-state index is -1.65. The van der Waals surface area contributed by atoms with E-state index in [9.17, 15) is 25.5 Å². The van der Waals surface area contributed by atoms with Crippen molar-refractivity contribution < 1.29 is 50.0 Å². The minimum absolute atomic E-state index is 0.000768. The summed E-state index contributed by atoms with van der Waals surface area (Å²) in [4.78, 5) is 0. The fourth-order valence-corrected chi connectivity index (χ4v) is 2.58. The van der Waals surface area contributed by atoms with Gasteiger partial charge in [0.25, 0.3) is 0 Å². The maximum atomic E-state index is 10.1. The monoisotopic (exact) mass is 326 g/mol. The van der Waals surface area contributed by atoms with Gasteiger partial charge in [0, 0.05) is 6.61 Å². The second-order valence-electron chi connectivity index (χ2n) is 5.37. The predicted molar refractivity (Wildman–Crippen MR) is 67.2 cm³/mol. The molecule has 0 spiro atoms. The van der Waals surface area contributed by atoms with Gasteiger partial charge >= 0.3 is 0 Å². The van der Waals surface area contributed by atoms with E-state index in [-0.39, 0.29) is 13.0 Å². The highest BCUT2D eigenvalue weighted by Gasteiger charge is 2.50. The third kappa shape index (κ3) is 3.41. The number of aliphatic hydroxyl groups is 7. The molecule has 2 saturated heterocycles. The summed E-state index contributed by atoms with van der Waals surface area (Å²) in [6.45, 7) is -0.863. The molecule has 0 aromatic heterocycles. The summed E-state index contributed by atoms with van der Waals surface area (Å²) < 4.78 is 15.3. The largest absolute Gasteiger partial charge is 0.396 e. The van der Waals surface area contributed by atoms with Gasteiger partial charge in [0.15, 0.2) is 12.6 Å². The molecule has 10 heteroatoms. The van der Waals surface area contributed by atoms with Crippen molar-refractivity contribution in [3.05, 3.63) is 0 Å². The molecule has 2 heterocycles. The minimum Gasteiger partial charge on any atom is -0.396 e. The van der Waals surface area contributed by atoms with Crippen molar-refractivity contribution in [1.82, 2.24) is 0 Å². The van der Waals surface area contributed by atoms with Gasteiger partial charge in [0.05, 0.1) is 12.7 Å². The summed E-state index contributed by atoms with van der Waals surface area (Å²) in [7, 11) is 0. The summed E-state index contributed by atoms with van der Waals surface area (Å²) in [5.41, 5.74) is 0. The molecule has 2 aliphatic rings. The molecule has 130 valence electrons. The summed E-state index contributed by atoms with van der Waals surface area (Å²) in [6.07, 6.45) is -12.4. The zero-order valence-electron chi connectivity index (χ0n) is 11.7. The average molecular weight is 326 g/mol. The Bertz CT molecular complexity index is 355. The molecule has 2 aliphatic heterocycles. The maximum Gasteiger partial charge on any atom is 0.187 e. The molecule has 9 atom stereocenters. The van der Waals surface area contributed by atoms with Gasteiger partial charge in [0.1, 0.15) is 36.6 Å². The molecule has 0 aromatic carbocycles. The highest BCUT2D eigenvalue weighted by molar-refractivity contribution is 4.93. The molecule has 10 nitrogen and oxygen atoms in total. The molecule has 0 amide bonds. The molecule has 0 aliphatic carbocycles. The maximum absolute atomic E-state index is 10.1. The van der Waals surface area contributed by atoms with E-state index in [1.807, 2.05) is 0 Å². The Kier molecular flexibility index (Phi) is 6.07. The normalized spacial score (nSPS) is 49.5. The summed E-state index contributed by atoms with van der Waals surface area (Å²) in [5, 5.41) is 66.9. The zero-order valence-corrected chi connectivity index (χ0v) is 11.7. The quantitative estimate of drug-likeness (QED) is 0.262. The average Bonchev–Trinajstić information content (AvgIpc) is 2.77. The molecule has 0 unspecified atom stereocenters. The molecule has 0 aromatic rings. The molecule has 22 heavy (non-hydrogen) atoms. The SMILES string of the molecule is OCC[C@@H]1O[C@@H](O)[C@@H](O)[C@@H](O[C@@H]2O[C@@H](CO)[C@H](O)[C@H]2O)[C@@H]1O. The van der Waals surface area contributed by atoms with Crippen LogP contribution in [0.5, 0.6) is 0 Å². The van der Waals surface area contributed by atoms with Crippen LogP contribution in [-0.2, 0) is 14.2 Å². The first-order chi connectivity index (χ1) is 10.4. The fraction of sp³-hybridized carbons (Fsp3) is 1.00. The Morgan fingerprint density at radius 2 is 1.45 bits per heavy atom. The van der Waals surface area contributed by atoms with Crippen molar-refractivity contribution in [2.75, 3.05) is 13.2 Å². The van der Waals surface area contributed by atoms with Gasteiger partial charge in [-0.3, -0.25) is 0 Å². The van der Waals surface area contributed by atoms with E-state index in [1.54, 1.807) is 0 Å². The van der Waals surface area contributed by atoms with Crippen LogP contribution in [0.1, 0.15) is 6.42 Å². The molecule has 0 bridgehead atoms. The van der Waals surface area contributed by atoms with Crippen LogP contribution in [0, 0.1) is 0 Å². The number of hydrogen-bond donors (Lipinski definition) is 7. The van der Waals surface area contributed by atoms with Crippen LogP contribution in [0.4, 0.5) is 0 Å². The van der Waals surface area contributed by atoms with Crippen molar-refractivity contribution in [2.45, 2.75) is 61.7 Å². The predicted octanol–water partition coefficient (Wildman–Crippen LogP) is -4.37. The fourth-order valence-electron chi connectivity index (χ4n) is 2.58. The molecule has 7 N–H and O–H groups in total. The van der Waals surface area contributed by atoms with Crippen molar-refractivity contribution in [3.8, 4) is 0 Å². The number of ether oxygens (including phenoxy) is 3. The molecular formula is C12H22O10. The molecule has 2 rings (SSSR count). The van der Waals surface area contributed by atoms with Gasteiger partial charge in [0.2, 0.25) is 0 Å². The van der Waals surface area contributed by atoms with Crippen LogP contribution in [0.2, 0.25) is 0 Å². The van der Waals surface area contributed by atoms with Gasteiger partial charge in [-0.1, -0.05) is 0 Å². The number of aliphatic hydroxyl groups excluding tert-OH is 7. The van der Waals surface area contributed by atoms with Crippen LogP contribution in [-0.4, -0.2) is 104 Å². The van der Waals surface area contributed by atoms with E-state index in [0.29, 0.717) is 0 Å². The second kappa shape index (κ2) is 7.45. The van der Waals surface area contributed by atoms with E-state index in [2.05, 4.69) is 0 Å². The van der Waals surface area contributed by atoms with Gasteiger partial charge in [-0.05, 0) is 6.42 Å². The van der Waals surface area contributed by atoms with Crippen LogP contribution in [0.15, 0.2) is 0 Å². The van der Waals surface area contributed by atoms with Crippen LogP contribution < -0.4 is 0 Å². The summed E-state index contributed by atoms with van der Waals surface area (Å²) in [5.74, 6) is 0. The lowest BCUT2D eigenvalue weighted by Crippen LogP contribution is -2.60. The Labute approximate surface area is 126 Å². The van der Waals surface area contributed by atoms with E-state index >= 15 is 0 Å². The second-order valence-corrected chi connectivity index (χ2v) is 5.37. The van der Waals surface area contributed by atoms with E-state index in [1.165, 1.54) is 0 Å². The van der Waals surface area contributed by atoms with Crippen LogP contribution in [0.3, 0.4) is 0 Å². The Morgan fingerprint density at radius 1 is 0.773 bits per heavy atom. The molecule has 0 radical (unpaired) electrons. The Balaban J connectivity index is 2.06. The smallest absolute Gasteiger partial charge is 0.187 e. The third-order valence-corrected chi connectivity index (χ3v) is 3.86.